The highest BCUT2D eigenvalue weighted by Gasteiger charge is 2.35. The first-order chi connectivity index (χ1) is 12.0. The first-order valence-corrected chi connectivity index (χ1v) is 7.43. The summed E-state index contributed by atoms with van der Waals surface area (Å²) >= 11 is 2.52. The average molecular weight is 441 g/mol. The first-order valence-electron chi connectivity index (χ1n) is 6.64. The first kappa shape index (κ1) is 19.8. The van der Waals surface area contributed by atoms with Crippen molar-refractivity contribution in [2.45, 2.75) is 6.18 Å². The fraction of sp³-hybridized carbons (Fsp3) is 0.0667. The van der Waals surface area contributed by atoms with Gasteiger partial charge in [-0.3, -0.25) is 10.1 Å². The van der Waals surface area contributed by atoms with Gasteiger partial charge in [-0.2, -0.15) is 13.2 Å². The number of urea groups is 1. The van der Waals surface area contributed by atoms with Crippen LogP contribution in [0.5, 0.6) is 0 Å². The van der Waals surface area contributed by atoms with Crippen LogP contribution in [0.3, 0.4) is 0 Å². The summed E-state index contributed by atoms with van der Waals surface area (Å²) < 4.78 is 78.2. The second kappa shape index (κ2) is 7.36. The molecule has 0 aliphatic heterocycles. The number of carbonyl (C=O) groups is 2. The van der Waals surface area contributed by atoms with Gasteiger partial charge in [0, 0.05) is 0 Å². The summed E-state index contributed by atoms with van der Waals surface area (Å²) in [5.41, 5.74) is -3.26. The van der Waals surface area contributed by atoms with Crippen LogP contribution in [0.4, 0.5) is 36.8 Å². The molecule has 0 saturated heterocycles. The number of hydrogen-bond acceptors (Lipinski definition) is 2. The number of carbonyl (C=O) groups excluding carboxylic acids is 2. The minimum absolute atomic E-state index is 0.447. The zero-order valence-electron chi connectivity index (χ0n) is 12.3. The monoisotopic (exact) mass is 440 g/mol. The molecule has 2 N–H and O–H groups in total. The Labute approximate surface area is 150 Å². The van der Waals surface area contributed by atoms with Gasteiger partial charge in [-0.1, -0.05) is 6.07 Å². The molecular formula is C15H7BrF6N2O2. The van der Waals surface area contributed by atoms with Crippen LogP contribution >= 0.6 is 15.9 Å². The van der Waals surface area contributed by atoms with E-state index < -0.39 is 56.9 Å². The van der Waals surface area contributed by atoms with Crippen molar-refractivity contribution < 1.29 is 35.9 Å². The predicted molar refractivity (Wildman–Crippen MR) is 81.9 cm³/mol. The number of halogens is 7. The molecule has 0 fully saturated rings. The molecule has 4 nitrogen and oxygen atoms in total. The van der Waals surface area contributed by atoms with Gasteiger partial charge >= 0.3 is 12.2 Å². The Morgan fingerprint density at radius 3 is 2.04 bits per heavy atom. The highest BCUT2D eigenvalue weighted by Crippen LogP contribution is 2.39. The third-order valence-electron chi connectivity index (χ3n) is 3.05. The van der Waals surface area contributed by atoms with Crippen molar-refractivity contribution in [1.29, 1.82) is 0 Å². The number of imide groups is 1. The third-order valence-corrected chi connectivity index (χ3v) is 3.88. The molecule has 0 bridgehead atoms. The average Bonchev–Trinajstić information content (AvgIpc) is 2.49. The summed E-state index contributed by atoms with van der Waals surface area (Å²) in [5, 5.41) is 3.19. The van der Waals surface area contributed by atoms with Gasteiger partial charge in [-0.05, 0) is 40.2 Å². The van der Waals surface area contributed by atoms with Crippen molar-refractivity contribution in [2.24, 2.45) is 0 Å². The van der Waals surface area contributed by atoms with Gasteiger partial charge in [0.2, 0.25) is 0 Å². The Morgan fingerprint density at radius 2 is 1.50 bits per heavy atom. The highest BCUT2D eigenvalue weighted by molar-refractivity contribution is 9.10. The lowest BCUT2D eigenvalue weighted by Crippen LogP contribution is -2.35. The van der Waals surface area contributed by atoms with Crippen molar-refractivity contribution in [1.82, 2.24) is 5.32 Å². The summed E-state index contributed by atoms with van der Waals surface area (Å²) in [6.45, 7) is 0. The van der Waals surface area contributed by atoms with E-state index in [0.29, 0.717) is 12.1 Å². The molecule has 2 rings (SSSR count). The lowest BCUT2D eigenvalue weighted by Gasteiger charge is -2.14. The van der Waals surface area contributed by atoms with E-state index in [-0.39, 0.29) is 0 Å². The van der Waals surface area contributed by atoms with E-state index in [1.807, 2.05) is 0 Å². The molecule has 0 aromatic heterocycles. The number of benzene rings is 2. The highest BCUT2D eigenvalue weighted by atomic mass is 79.9. The summed E-state index contributed by atoms with van der Waals surface area (Å²) in [6, 6.07) is 1.93. The van der Waals surface area contributed by atoms with Gasteiger partial charge < -0.3 is 5.32 Å². The van der Waals surface area contributed by atoms with Crippen molar-refractivity contribution in [3.8, 4) is 0 Å². The molecule has 2 aromatic carbocycles. The summed E-state index contributed by atoms with van der Waals surface area (Å²) in [6.07, 6.45) is -4.84. The summed E-state index contributed by atoms with van der Waals surface area (Å²) in [4.78, 5) is 23.5. The molecule has 11 heteroatoms. The van der Waals surface area contributed by atoms with E-state index in [1.54, 1.807) is 5.32 Å². The second-order valence-electron chi connectivity index (χ2n) is 4.79. The van der Waals surface area contributed by atoms with Crippen LogP contribution in [-0.4, -0.2) is 11.9 Å². The minimum atomic E-state index is -4.84. The van der Waals surface area contributed by atoms with Crippen LogP contribution in [0, 0.1) is 17.5 Å². The van der Waals surface area contributed by atoms with E-state index in [2.05, 4.69) is 15.9 Å². The van der Waals surface area contributed by atoms with Crippen molar-refractivity contribution in [3.63, 3.8) is 0 Å². The number of alkyl halides is 3. The van der Waals surface area contributed by atoms with Gasteiger partial charge in [-0.15, -0.1) is 0 Å². The van der Waals surface area contributed by atoms with E-state index in [0.717, 1.165) is 18.2 Å². The lowest BCUT2D eigenvalue weighted by molar-refractivity contribution is -0.138. The second-order valence-corrected chi connectivity index (χ2v) is 5.58. The molecule has 0 saturated carbocycles. The maximum Gasteiger partial charge on any atom is 0.417 e. The molecule has 0 spiro atoms. The Bertz CT molecular complexity index is 865. The number of hydrogen-bond donors (Lipinski definition) is 2. The van der Waals surface area contributed by atoms with Crippen molar-refractivity contribution >= 4 is 33.6 Å². The minimum Gasteiger partial charge on any atom is -0.304 e. The third kappa shape index (κ3) is 4.15. The Morgan fingerprint density at radius 1 is 0.923 bits per heavy atom. The number of amides is 3. The topological polar surface area (TPSA) is 58.2 Å². The van der Waals surface area contributed by atoms with Crippen LogP contribution < -0.4 is 10.6 Å². The van der Waals surface area contributed by atoms with Gasteiger partial charge in [0.15, 0.2) is 0 Å². The Kier molecular flexibility index (Phi) is 5.59. The molecular weight excluding hydrogens is 434 g/mol. The quantitative estimate of drug-likeness (QED) is 0.656. The van der Waals surface area contributed by atoms with Gasteiger partial charge in [0.25, 0.3) is 5.91 Å². The summed E-state index contributed by atoms with van der Waals surface area (Å²) in [5.74, 6) is -5.25. The normalized spacial score (nSPS) is 11.2. The van der Waals surface area contributed by atoms with Crippen molar-refractivity contribution in [2.75, 3.05) is 5.32 Å². The Balaban J connectivity index is 2.25. The maximum absolute atomic E-state index is 13.7. The molecule has 0 radical (unpaired) electrons. The molecule has 138 valence electrons. The molecule has 26 heavy (non-hydrogen) atoms. The molecule has 0 aliphatic rings. The summed E-state index contributed by atoms with van der Waals surface area (Å²) in [7, 11) is 0. The lowest BCUT2D eigenvalue weighted by atomic mass is 10.2. The van der Waals surface area contributed by atoms with Crippen LogP contribution in [0.15, 0.2) is 34.8 Å². The number of rotatable bonds is 2. The smallest absolute Gasteiger partial charge is 0.304 e. The fourth-order valence-corrected chi connectivity index (χ4v) is 2.56. The van der Waals surface area contributed by atoms with Gasteiger partial charge in [0.05, 0.1) is 15.7 Å². The van der Waals surface area contributed by atoms with E-state index in [9.17, 15) is 35.9 Å². The van der Waals surface area contributed by atoms with E-state index >= 15 is 0 Å². The van der Waals surface area contributed by atoms with Gasteiger partial charge in [0.1, 0.15) is 23.0 Å². The standard InChI is InChI=1S/C15H7BrF6N2O2/c16-11-6(15(20,21)22)4-5-9(19)12(11)23-14(26)24-13(25)10-7(17)2-1-3-8(10)18/h1-5H,(H2,23,24,25,26). The maximum atomic E-state index is 13.7. The van der Waals surface area contributed by atoms with Crippen LogP contribution in [0.1, 0.15) is 15.9 Å². The van der Waals surface area contributed by atoms with Crippen LogP contribution in [0.2, 0.25) is 0 Å². The van der Waals surface area contributed by atoms with Crippen molar-refractivity contribution in [3.05, 3.63) is 63.4 Å². The molecule has 0 heterocycles. The van der Waals surface area contributed by atoms with Crippen LogP contribution in [-0.2, 0) is 6.18 Å². The molecule has 0 atom stereocenters. The molecule has 2 aromatic rings. The van der Waals surface area contributed by atoms with Gasteiger partial charge in [-0.25, -0.2) is 18.0 Å². The predicted octanol–water partition coefficient (Wildman–Crippen LogP) is 4.85. The number of nitrogens with one attached hydrogen (secondary N) is 2. The van der Waals surface area contributed by atoms with E-state index in [1.165, 1.54) is 5.32 Å². The largest absolute Gasteiger partial charge is 0.417 e. The molecule has 0 unspecified atom stereocenters. The Hall–Kier alpha value is -2.56. The number of anilines is 1. The zero-order valence-corrected chi connectivity index (χ0v) is 13.9. The zero-order chi connectivity index (χ0) is 19.6. The molecule has 3 amide bonds. The SMILES string of the molecule is O=C(NC(=O)c1c(F)cccc1F)Nc1c(F)ccc(C(F)(F)F)c1Br. The molecule has 0 aliphatic carbocycles. The van der Waals surface area contributed by atoms with E-state index in [4.69, 9.17) is 0 Å². The van der Waals surface area contributed by atoms with Crippen LogP contribution in [0.25, 0.3) is 0 Å². The fourth-order valence-electron chi connectivity index (χ4n) is 1.91.